The number of piperazine rings is 1. The number of nitrogens with zero attached hydrogens (tertiary/aromatic N) is 3. The molecule has 2 heterocycles. The predicted molar refractivity (Wildman–Crippen MR) is 98.5 cm³/mol. The molecule has 3 rings (SSSR count). The van der Waals surface area contributed by atoms with E-state index in [0.29, 0.717) is 18.7 Å². The van der Waals surface area contributed by atoms with Crippen LogP contribution in [0.5, 0.6) is 0 Å². The monoisotopic (exact) mass is 343 g/mol. The Balaban J connectivity index is 1.50. The minimum absolute atomic E-state index is 0.00822. The molecule has 2 saturated heterocycles. The first-order valence-corrected chi connectivity index (χ1v) is 9.42. The third kappa shape index (κ3) is 4.82. The molecule has 1 atom stereocenters. The van der Waals surface area contributed by atoms with E-state index < -0.39 is 0 Å². The molecule has 2 amide bonds. The summed E-state index contributed by atoms with van der Waals surface area (Å²) in [6.45, 7) is 4.82. The number of rotatable bonds is 4. The van der Waals surface area contributed by atoms with Gasteiger partial charge in [-0.3, -0.25) is 4.79 Å². The SMILES string of the molecule is CN1CCN(C(=O)N2CCCC(C(=O)CCc3ccccc3)C2)CC1. The first-order chi connectivity index (χ1) is 12.1. The summed E-state index contributed by atoms with van der Waals surface area (Å²) in [5.74, 6) is 0.314. The van der Waals surface area contributed by atoms with Crippen molar-refractivity contribution in [1.82, 2.24) is 14.7 Å². The summed E-state index contributed by atoms with van der Waals surface area (Å²) >= 11 is 0. The molecule has 1 aromatic carbocycles. The van der Waals surface area contributed by atoms with Crippen molar-refractivity contribution in [2.24, 2.45) is 5.92 Å². The van der Waals surface area contributed by atoms with E-state index in [-0.39, 0.29) is 11.9 Å². The van der Waals surface area contributed by atoms with E-state index in [2.05, 4.69) is 24.1 Å². The molecule has 0 aliphatic carbocycles. The van der Waals surface area contributed by atoms with Crippen molar-refractivity contribution in [2.75, 3.05) is 46.3 Å². The van der Waals surface area contributed by atoms with E-state index >= 15 is 0 Å². The highest BCUT2D eigenvalue weighted by Crippen LogP contribution is 2.21. The number of carbonyl (C=O) groups excluding carboxylic acids is 2. The number of carbonyl (C=O) groups is 2. The Bertz CT molecular complexity index is 582. The zero-order chi connectivity index (χ0) is 17.6. The number of piperidine rings is 1. The maximum atomic E-state index is 12.7. The number of hydrogen-bond donors (Lipinski definition) is 0. The topological polar surface area (TPSA) is 43.9 Å². The highest BCUT2D eigenvalue weighted by atomic mass is 16.2. The molecule has 25 heavy (non-hydrogen) atoms. The Morgan fingerprint density at radius 2 is 1.72 bits per heavy atom. The Morgan fingerprint density at radius 3 is 2.44 bits per heavy atom. The van der Waals surface area contributed by atoms with Gasteiger partial charge in [-0.2, -0.15) is 0 Å². The Hall–Kier alpha value is -1.88. The van der Waals surface area contributed by atoms with Crippen molar-refractivity contribution in [3.8, 4) is 0 Å². The van der Waals surface area contributed by atoms with Crippen molar-refractivity contribution in [2.45, 2.75) is 25.7 Å². The van der Waals surface area contributed by atoms with Crippen LogP contribution in [0, 0.1) is 5.92 Å². The van der Waals surface area contributed by atoms with E-state index in [1.807, 2.05) is 28.0 Å². The Labute approximate surface area is 150 Å². The van der Waals surface area contributed by atoms with Crippen molar-refractivity contribution < 1.29 is 9.59 Å². The van der Waals surface area contributed by atoms with Gasteiger partial charge in [0.05, 0.1) is 0 Å². The van der Waals surface area contributed by atoms with Gasteiger partial charge in [-0.15, -0.1) is 0 Å². The Morgan fingerprint density at radius 1 is 1.00 bits per heavy atom. The quantitative estimate of drug-likeness (QED) is 0.842. The minimum atomic E-state index is 0.00822. The van der Waals surface area contributed by atoms with E-state index in [9.17, 15) is 9.59 Å². The first kappa shape index (κ1) is 17.9. The number of likely N-dealkylation sites (tertiary alicyclic amines) is 1. The molecule has 0 spiro atoms. The Kier molecular flexibility index (Phi) is 6.08. The molecule has 2 aliphatic heterocycles. The number of Topliss-reactive ketones (excluding diaryl/α,β-unsaturated/α-hetero) is 1. The summed E-state index contributed by atoms with van der Waals surface area (Å²) < 4.78 is 0. The molecule has 5 nitrogen and oxygen atoms in total. The lowest BCUT2D eigenvalue weighted by molar-refractivity contribution is -0.124. The van der Waals surface area contributed by atoms with Gasteiger partial charge >= 0.3 is 6.03 Å². The van der Waals surface area contributed by atoms with Crippen LogP contribution < -0.4 is 0 Å². The van der Waals surface area contributed by atoms with Crippen LogP contribution in [0.25, 0.3) is 0 Å². The van der Waals surface area contributed by atoms with Gasteiger partial charge in [0, 0.05) is 51.6 Å². The fraction of sp³-hybridized carbons (Fsp3) is 0.600. The van der Waals surface area contributed by atoms with Gasteiger partial charge in [0.1, 0.15) is 5.78 Å². The van der Waals surface area contributed by atoms with E-state index in [1.165, 1.54) is 5.56 Å². The second-order valence-corrected chi connectivity index (χ2v) is 7.31. The maximum absolute atomic E-state index is 12.7. The molecule has 1 unspecified atom stereocenters. The zero-order valence-corrected chi connectivity index (χ0v) is 15.2. The fourth-order valence-electron chi connectivity index (χ4n) is 3.73. The molecule has 0 radical (unpaired) electrons. The lowest BCUT2D eigenvalue weighted by atomic mass is 9.90. The van der Waals surface area contributed by atoms with Gasteiger partial charge in [-0.25, -0.2) is 4.79 Å². The van der Waals surface area contributed by atoms with Gasteiger partial charge in [0.25, 0.3) is 0 Å². The summed E-state index contributed by atoms with van der Waals surface area (Å²) in [7, 11) is 2.09. The van der Waals surface area contributed by atoms with Crippen molar-refractivity contribution >= 4 is 11.8 Å². The number of likely N-dealkylation sites (N-methyl/N-ethyl adjacent to an activating group) is 1. The molecule has 136 valence electrons. The summed E-state index contributed by atoms with van der Waals surface area (Å²) in [6, 6.07) is 10.3. The highest BCUT2D eigenvalue weighted by Gasteiger charge is 2.31. The lowest BCUT2D eigenvalue weighted by Gasteiger charge is -2.39. The molecule has 1 aromatic rings. The van der Waals surface area contributed by atoms with Gasteiger partial charge in [0.15, 0.2) is 0 Å². The van der Waals surface area contributed by atoms with E-state index in [0.717, 1.165) is 52.0 Å². The second-order valence-electron chi connectivity index (χ2n) is 7.31. The molecule has 0 saturated carbocycles. The lowest BCUT2D eigenvalue weighted by Crippen LogP contribution is -2.54. The number of ketones is 1. The van der Waals surface area contributed by atoms with Crippen LogP contribution in [-0.2, 0) is 11.2 Å². The third-order valence-electron chi connectivity index (χ3n) is 5.42. The van der Waals surface area contributed by atoms with Crippen LogP contribution in [0.4, 0.5) is 4.79 Å². The average molecular weight is 343 g/mol. The molecular weight excluding hydrogens is 314 g/mol. The molecule has 2 aliphatic rings. The zero-order valence-electron chi connectivity index (χ0n) is 15.2. The van der Waals surface area contributed by atoms with Crippen LogP contribution in [0.3, 0.4) is 0 Å². The van der Waals surface area contributed by atoms with Crippen molar-refractivity contribution in [3.63, 3.8) is 0 Å². The number of amides is 2. The van der Waals surface area contributed by atoms with Crippen LogP contribution >= 0.6 is 0 Å². The van der Waals surface area contributed by atoms with Crippen molar-refractivity contribution in [3.05, 3.63) is 35.9 Å². The number of urea groups is 1. The van der Waals surface area contributed by atoms with Gasteiger partial charge in [-0.1, -0.05) is 30.3 Å². The van der Waals surface area contributed by atoms with Crippen LogP contribution in [0.15, 0.2) is 30.3 Å². The van der Waals surface area contributed by atoms with Crippen LogP contribution in [0.2, 0.25) is 0 Å². The van der Waals surface area contributed by atoms with Crippen LogP contribution in [0.1, 0.15) is 24.8 Å². The maximum Gasteiger partial charge on any atom is 0.320 e. The largest absolute Gasteiger partial charge is 0.324 e. The summed E-state index contributed by atoms with van der Waals surface area (Å²) in [6.07, 6.45) is 3.22. The first-order valence-electron chi connectivity index (χ1n) is 9.42. The van der Waals surface area contributed by atoms with Gasteiger partial charge in [-0.05, 0) is 31.9 Å². The van der Waals surface area contributed by atoms with Crippen LogP contribution in [-0.4, -0.2) is 72.8 Å². The predicted octanol–water partition coefficient (Wildman–Crippen LogP) is 2.27. The molecule has 0 aromatic heterocycles. The highest BCUT2D eigenvalue weighted by molar-refractivity contribution is 5.83. The summed E-state index contributed by atoms with van der Waals surface area (Å²) in [5.41, 5.74) is 1.21. The van der Waals surface area contributed by atoms with Crippen molar-refractivity contribution in [1.29, 1.82) is 0 Å². The summed E-state index contributed by atoms with van der Waals surface area (Å²) in [5, 5.41) is 0. The number of hydrogen-bond acceptors (Lipinski definition) is 3. The molecule has 2 fully saturated rings. The van der Waals surface area contributed by atoms with Gasteiger partial charge < -0.3 is 14.7 Å². The van der Waals surface area contributed by atoms with E-state index in [1.54, 1.807) is 0 Å². The standard InChI is InChI=1S/C20H29N3O2/c1-21-12-14-22(15-13-21)20(25)23-11-5-8-18(16-23)19(24)10-9-17-6-3-2-4-7-17/h2-4,6-7,18H,5,8-16H2,1H3. The smallest absolute Gasteiger partial charge is 0.320 e. The number of aryl methyl sites for hydroxylation is 1. The number of benzene rings is 1. The molecule has 0 bridgehead atoms. The van der Waals surface area contributed by atoms with E-state index in [4.69, 9.17) is 0 Å². The minimum Gasteiger partial charge on any atom is -0.324 e. The van der Waals surface area contributed by atoms with Gasteiger partial charge in [0.2, 0.25) is 0 Å². The fourth-order valence-corrected chi connectivity index (χ4v) is 3.73. The average Bonchev–Trinajstić information content (AvgIpc) is 2.67. The molecule has 5 heteroatoms. The molecular formula is C20H29N3O2. The second kappa shape index (κ2) is 8.48. The normalized spacial score (nSPS) is 22.0. The summed E-state index contributed by atoms with van der Waals surface area (Å²) in [4.78, 5) is 31.4. The third-order valence-corrected chi connectivity index (χ3v) is 5.42. The molecule has 0 N–H and O–H groups in total.